The lowest BCUT2D eigenvalue weighted by Gasteiger charge is -2.18. The molecule has 4 nitrogen and oxygen atoms in total. The molecule has 2 N–H and O–H groups in total. The Kier molecular flexibility index (Phi) is 4.73. The first-order valence-electron chi connectivity index (χ1n) is 5.31. The van der Waals surface area contributed by atoms with Crippen LogP contribution in [0.5, 0.6) is 0 Å². The van der Waals surface area contributed by atoms with E-state index in [1.807, 2.05) is 6.92 Å². The van der Waals surface area contributed by atoms with Crippen molar-refractivity contribution in [3.05, 3.63) is 0 Å². The summed E-state index contributed by atoms with van der Waals surface area (Å²) in [6.45, 7) is 5.64. The molecule has 0 aromatic carbocycles. The number of rotatable bonds is 4. The van der Waals surface area contributed by atoms with Gasteiger partial charge < -0.3 is 10.6 Å². The van der Waals surface area contributed by atoms with E-state index in [-0.39, 0.29) is 17.9 Å². The van der Waals surface area contributed by atoms with Crippen LogP contribution in [0.15, 0.2) is 0 Å². The second-order valence-corrected chi connectivity index (χ2v) is 5.87. The average molecular weight is 232 g/mol. The molecule has 15 heavy (non-hydrogen) atoms. The Balaban J connectivity index is 2.37. The molecule has 1 amide bonds. The Labute approximate surface area is 93.7 Å². The van der Waals surface area contributed by atoms with Crippen LogP contribution in [-0.2, 0) is 15.6 Å². The van der Waals surface area contributed by atoms with Crippen LogP contribution in [0.2, 0.25) is 0 Å². The number of carbonyl (C=O) groups is 1. The van der Waals surface area contributed by atoms with Gasteiger partial charge in [0.25, 0.3) is 0 Å². The van der Waals surface area contributed by atoms with Crippen LogP contribution in [0.4, 0.5) is 0 Å². The van der Waals surface area contributed by atoms with E-state index >= 15 is 0 Å². The fraction of sp³-hybridized carbons (Fsp3) is 0.900. The Morgan fingerprint density at radius 2 is 2.27 bits per heavy atom. The van der Waals surface area contributed by atoms with Gasteiger partial charge in [-0.1, -0.05) is 6.92 Å². The lowest BCUT2D eigenvalue weighted by Crippen LogP contribution is -2.41. The Hall–Kier alpha value is -0.420. The van der Waals surface area contributed by atoms with Gasteiger partial charge in [-0.3, -0.25) is 9.00 Å². The smallest absolute Gasteiger partial charge is 0.224 e. The summed E-state index contributed by atoms with van der Waals surface area (Å²) >= 11 is 0. The minimum absolute atomic E-state index is 0.00358. The predicted molar refractivity (Wildman–Crippen MR) is 62.1 cm³/mol. The van der Waals surface area contributed by atoms with Crippen molar-refractivity contribution >= 4 is 16.7 Å². The monoisotopic (exact) mass is 232 g/mol. The largest absolute Gasteiger partial charge is 0.352 e. The molecule has 0 saturated carbocycles. The van der Waals surface area contributed by atoms with E-state index in [9.17, 15) is 9.00 Å². The molecule has 88 valence electrons. The molecule has 0 radical (unpaired) electrons. The molecule has 0 bridgehead atoms. The predicted octanol–water partition coefficient (Wildman–Crippen LogP) is -0.275. The van der Waals surface area contributed by atoms with Gasteiger partial charge >= 0.3 is 0 Å². The van der Waals surface area contributed by atoms with E-state index in [0.717, 1.165) is 13.1 Å². The SMILES string of the molecule is CC(CS(C)=O)NC(=O)C1CNCC1C. The number of hydrogen-bond acceptors (Lipinski definition) is 3. The van der Waals surface area contributed by atoms with E-state index in [4.69, 9.17) is 0 Å². The zero-order valence-corrected chi connectivity index (χ0v) is 10.4. The molecule has 0 aliphatic carbocycles. The van der Waals surface area contributed by atoms with Crippen molar-refractivity contribution < 1.29 is 9.00 Å². The number of nitrogens with one attached hydrogen (secondary N) is 2. The van der Waals surface area contributed by atoms with Gasteiger partial charge in [0, 0.05) is 35.4 Å². The molecule has 1 saturated heterocycles. The minimum atomic E-state index is -0.853. The number of carbonyl (C=O) groups excluding carboxylic acids is 1. The maximum absolute atomic E-state index is 11.8. The molecular weight excluding hydrogens is 212 g/mol. The van der Waals surface area contributed by atoms with Crippen molar-refractivity contribution in [3.63, 3.8) is 0 Å². The van der Waals surface area contributed by atoms with Crippen LogP contribution in [0, 0.1) is 11.8 Å². The van der Waals surface area contributed by atoms with Gasteiger partial charge in [0.2, 0.25) is 5.91 Å². The van der Waals surface area contributed by atoms with Gasteiger partial charge in [-0.05, 0) is 19.4 Å². The van der Waals surface area contributed by atoms with E-state index in [0.29, 0.717) is 11.7 Å². The molecule has 1 heterocycles. The summed E-state index contributed by atoms with van der Waals surface area (Å²) in [4.78, 5) is 11.8. The van der Waals surface area contributed by atoms with Gasteiger partial charge in [0.15, 0.2) is 0 Å². The van der Waals surface area contributed by atoms with Crippen molar-refractivity contribution in [1.82, 2.24) is 10.6 Å². The highest BCUT2D eigenvalue weighted by molar-refractivity contribution is 7.84. The normalized spacial score (nSPS) is 29.8. The molecule has 0 spiro atoms. The Morgan fingerprint density at radius 1 is 1.60 bits per heavy atom. The quantitative estimate of drug-likeness (QED) is 0.701. The van der Waals surface area contributed by atoms with Crippen LogP contribution in [0.1, 0.15) is 13.8 Å². The van der Waals surface area contributed by atoms with E-state index in [1.54, 1.807) is 6.26 Å². The Bertz CT molecular complexity index is 258. The van der Waals surface area contributed by atoms with Crippen molar-refractivity contribution in [2.45, 2.75) is 19.9 Å². The van der Waals surface area contributed by atoms with Crippen LogP contribution in [0.3, 0.4) is 0 Å². The minimum Gasteiger partial charge on any atom is -0.352 e. The molecule has 1 rings (SSSR count). The van der Waals surface area contributed by atoms with Crippen LogP contribution in [-0.4, -0.2) is 41.3 Å². The molecule has 0 aromatic rings. The van der Waals surface area contributed by atoms with Crippen molar-refractivity contribution in [1.29, 1.82) is 0 Å². The van der Waals surface area contributed by atoms with Crippen molar-refractivity contribution in [2.75, 3.05) is 25.1 Å². The lowest BCUT2D eigenvalue weighted by molar-refractivity contribution is -0.125. The van der Waals surface area contributed by atoms with E-state index in [1.165, 1.54) is 0 Å². The zero-order valence-electron chi connectivity index (χ0n) is 9.58. The lowest BCUT2D eigenvalue weighted by atomic mass is 9.97. The highest BCUT2D eigenvalue weighted by Crippen LogP contribution is 2.15. The Morgan fingerprint density at radius 3 is 2.73 bits per heavy atom. The first-order chi connectivity index (χ1) is 7.00. The zero-order chi connectivity index (χ0) is 11.4. The molecular formula is C10H20N2O2S. The highest BCUT2D eigenvalue weighted by Gasteiger charge is 2.29. The molecule has 1 aliphatic heterocycles. The molecule has 0 aromatic heterocycles. The number of hydrogen-bond donors (Lipinski definition) is 2. The van der Waals surface area contributed by atoms with Gasteiger partial charge in [-0.15, -0.1) is 0 Å². The topological polar surface area (TPSA) is 58.2 Å². The molecule has 1 fully saturated rings. The second kappa shape index (κ2) is 5.61. The third-order valence-electron chi connectivity index (χ3n) is 2.73. The van der Waals surface area contributed by atoms with Crippen molar-refractivity contribution in [3.8, 4) is 0 Å². The van der Waals surface area contributed by atoms with Gasteiger partial charge in [-0.2, -0.15) is 0 Å². The van der Waals surface area contributed by atoms with Crippen LogP contribution < -0.4 is 10.6 Å². The maximum atomic E-state index is 11.8. The summed E-state index contributed by atoms with van der Waals surface area (Å²) in [5.41, 5.74) is 0. The summed E-state index contributed by atoms with van der Waals surface area (Å²) < 4.78 is 11.0. The summed E-state index contributed by atoms with van der Waals surface area (Å²) in [6.07, 6.45) is 1.66. The van der Waals surface area contributed by atoms with Crippen molar-refractivity contribution in [2.24, 2.45) is 11.8 Å². The van der Waals surface area contributed by atoms with Gasteiger partial charge in [0.05, 0.1) is 5.92 Å². The van der Waals surface area contributed by atoms with Gasteiger partial charge in [-0.25, -0.2) is 0 Å². The average Bonchev–Trinajstić information content (AvgIpc) is 2.49. The standard InChI is InChI=1S/C10H20N2O2S/c1-7-4-11-5-9(7)10(13)12-8(2)6-15(3)14/h7-9,11H,4-6H2,1-3H3,(H,12,13). The highest BCUT2D eigenvalue weighted by atomic mass is 32.2. The summed E-state index contributed by atoms with van der Waals surface area (Å²) in [5.74, 6) is 1.08. The fourth-order valence-corrected chi connectivity index (χ4v) is 2.69. The summed E-state index contributed by atoms with van der Waals surface area (Å²) in [6, 6.07) is -0.00358. The third-order valence-corrected chi connectivity index (χ3v) is 3.70. The second-order valence-electron chi connectivity index (χ2n) is 4.39. The maximum Gasteiger partial charge on any atom is 0.224 e. The molecule has 1 aliphatic rings. The van der Waals surface area contributed by atoms with Crippen LogP contribution >= 0.6 is 0 Å². The molecule has 4 atom stereocenters. The first-order valence-corrected chi connectivity index (χ1v) is 7.04. The van der Waals surface area contributed by atoms with Gasteiger partial charge in [0.1, 0.15) is 0 Å². The van der Waals surface area contributed by atoms with E-state index < -0.39 is 10.8 Å². The third kappa shape index (κ3) is 3.91. The number of amides is 1. The fourth-order valence-electron chi connectivity index (χ4n) is 1.90. The van der Waals surface area contributed by atoms with E-state index in [2.05, 4.69) is 17.6 Å². The first kappa shape index (κ1) is 12.6. The molecule has 5 heteroatoms. The summed E-state index contributed by atoms with van der Waals surface area (Å²) in [5, 5.41) is 6.11. The molecule has 4 unspecified atom stereocenters. The summed E-state index contributed by atoms with van der Waals surface area (Å²) in [7, 11) is -0.853. The van der Waals surface area contributed by atoms with Crippen LogP contribution in [0.25, 0.3) is 0 Å².